The van der Waals surface area contributed by atoms with Crippen molar-refractivity contribution in [3.63, 3.8) is 0 Å². The quantitative estimate of drug-likeness (QED) is 0.288. The van der Waals surface area contributed by atoms with Crippen LogP contribution in [0.25, 0.3) is 0 Å². The third kappa shape index (κ3) is 5.46. The Morgan fingerprint density at radius 2 is 0.848 bits per heavy atom. The molecule has 0 fully saturated rings. The topological polar surface area (TPSA) is 18.5 Å². The van der Waals surface area contributed by atoms with Gasteiger partial charge in [-0.1, -0.05) is 81.8 Å². The highest BCUT2D eigenvalue weighted by molar-refractivity contribution is 5.43. The molecule has 0 heterocycles. The lowest BCUT2D eigenvalue weighted by Gasteiger charge is -2.26. The molecule has 0 aromatic heterocycles. The Balaban J connectivity index is 1.44. The van der Waals surface area contributed by atoms with Crippen molar-refractivity contribution in [1.29, 1.82) is 0 Å². The third-order valence-corrected chi connectivity index (χ3v) is 6.19. The number of rotatable bonds is 7. The van der Waals surface area contributed by atoms with Crippen molar-refractivity contribution in [3.8, 4) is 23.0 Å². The normalized spacial score (nSPS) is 11.5. The second-order valence-electron chi connectivity index (χ2n) is 9.41. The Morgan fingerprint density at radius 1 is 0.515 bits per heavy atom. The monoisotopic (exact) mass is 436 g/mol. The van der Waals surface area contributed by atoms with Crippen molar-refractivity contribution in [2.24, 2.45) is 0 Å². The van der Waals surface area contributed by atoms with Crippen LogP contribution in [0.3, 0.4) is 0 Å². The zero-order chi connectivity index (χ0) is 23.4. The maximum atomic E-state index is 6.05. The summed E-state index contributed by atoms with van der Waals surface area (Å²) in [6, 6.07) is 33.2. The van der Waals surface area contributed by atoms with E-state index < -0.39 is 0 Å². The Hall–Kier alpha value is -3.52. The maximum Gasteiger partial charge on any atom is 0.127 e. The van der Waals surface area contributed by atoms with Gasteiger partial charge in [-0.15, -0.1) is 0 Å². The van der Waals surface area contributed by atoms with E-state index in [4.69, 9.17) is 9.47 Å². The molecule has 0 N–H and O–H groups in total. The lowest BCUT2D eigenvalue weighted by Crippen LogP contribution is -2.18. The smallest absolute Gasteiger partial charge is 0.127 e. The van der Waals surface area contributed by atoms with Crippen molar-refractivity contribution in [3.05, 3.63) is 119 Å². The molecule has 0 spiro atoms. The van der Waals surface area contributed by atoms with E-state index >= 15 is 0 Å². The lowest BCUT2D eigenvalue weighted by atomic mass is 9.78. The summed E-state index contributed by atoms with van der Waals surface area (Å²) in [5.41, 5.74) is 4.86. The Bertz CT molecular complexity index is 1170. The second kappa shape index (κ2) is 9.54. The van der Waals surface area contributed by atoms with Gasteiger partial charge in [-0.25, -0.2) is 0 Å². The summed E-state index contributed by atoms with van der Waals surface area (Å²) in [6.07, 6.45) is 0. The van der Waals surface area contributed by atoms with Crippen LogP contribution >= 0.6 is 0 Å². The van der Waals surface area contributed by atoms with E-state index in [-0.39, 0.29) is 5.41 Å². The van der Waals surface area contributed by atoms with Gasteiger partial charge in [0.15, 0.2) is 0 Å². The predicted molar refractivity (Wildman–Crippen MR) is 137 cm³/mol. The molecule has 0 saturated heterocycles. The van der Waals surface area contributed by atoms with Crippen LogP contribution in [-0.2, 0) is 5.41 Å². The molecule has 168 valence electrons. The average molecular weight is 437 g/mol. The minimum Gasteiger partial charge on any atom is -0.457 e. The van der Waals surface area contributed by atoms with Crippen LogP contribution in [0.2, 0.25) is 0 Å². The summed E-state index contributed by atoms with van der Waals surface area (Å²) in [5, 5.41) is 0. The van der Waals surface area contributed by atoms with Crippen LogP contribution in [-0.4, -0.2) is 0 Å². The number of benzene rings is 4. The van der Waals surface area contributed by atoms with E-state index in [0.717, 1.165) is 23.0 Å². The first-order valence-electron chi connectivity index (χ1n) is 11.5. The molecular weight excluding hydrogens is 404 g/mol. The zero-order valence-electron chi connectivity index (χ0n) is 20.1. The van der Waals surface area contributed by atoms with Gasteiger partial charge in [-0.05, 0) is 78.1 Å². The number of hydrogen-bond donors (Lipinski definition) is 0. The minimum atomic E-state index is -0.139. The summed E-state index contributed by atoms with van der Waals surface area (Å²) in [7, 11) is 0. The van der Waals surface area contributed by atoms with Gasteiger partial charge in [0.05, 0.1) is 0 Å². The molecular formula is C31H32O2. The average Bonchev–Trinajstić information content (AvgIpc) is 2.82. The largest absolute Gasteiger partial charge is 0.457 e. The molecule has 0 bridgehead atoms. The van der Waals surface area contributed by atoms with E-state index in [9.17, 15) is 0 Å². The van der Waals surface area contributed by atoms with Crippen molar-refractivity contribution in [1.82, 2.24) is 0 Å². The summed E-state index contributed by atoms with van der Waals surface area (Å²) in [4.78, 5) is 0. The first-order valence-corrected chi connectivity index (χ1v) is 11.5. The van der Waals surface area contributed by atoms with E-state index in [2.05, 4.69) is 83.1 Å². The van der Waals surface area contributed by atoms with Crippen LogP contribution in [0.4, 0.5) is 0 Å². The fraction of sp³-hybridized carbons (Fsp3) is 0.226. The Kier molecular flexibility index (Phi) is 6.55. The molecule has 0 amide bonds. The Morgan fingerprint density at radius 3 is 1.21 bits per heavy atom. The molecule has 0 atom stereocenters. The highest BCUT2D eigenvalue weighted by Gasteiger charge is 2.23. The van der Waals surface area contributed by atoms with Crippen molar-refractivity contribution in [2.75, 3.05) is 0 Å². The van der Waals surface area contributed by atoms with Crippen molar-refractivity contribution >= 4 is 0 Å². The van der Waals surface area contributed by atoms with Crippen LogP contribution in [0, 0.1) is 6.92 Å². The first kappa shape index (κ1) is 22.7. The van der Waals surface area contributed by atoms with Gasteiger partial charge in [-0.2, -0.15) is 0 Å². The molecule has 4 aromatic carbocycles. The van der Waals surface area contributed by atoms with E-state index in [1.807, 2.05) is 48.5 Å². The molecule has 0 radical (unpaired) electrons. The van der Waals surface area contributed by atoms with Gasteiger partial charge in [0.1, 0.15) is 23.0 Å². The zero-order valence-corrected chi connectivity index (χ0v) is 20.1. The molecule has 0 saturated carbocycles. The van der Waals surface area contributed by atoms with Crippen molar-refractivity contribution < 1.29 is 9.47 Å². The van der Waals surface area contributed by atoms with Gasteiger partial charge in [-0.3, -0.25) is 0 Å². The van der Waals surface area contributed by atoms with Crippen molar-refractivity contribution in [2.45, 2.75) is 46.0 Å². The SMILES string of the molecule is Cc1ccc(Oc2ccc(C(C)(C)c3ccc(Oc4ccc(C(C)C)cc4)cc3)cc2)cc1. The summed E-state index contributed by atoms with van der Waals surface area (Å²) < 4.78 is 12.0. The fourth-order valence-corrected chi connectivity index (χ4v) is 3.85. The van der Waals surface area contributed by atoms with E-state index in [0.29, 0.717) is 5.92 Å². The van der Waals surface area contributed by atoms with Crippen LogP contribution in [0.5, 0.6) is 23.0 Å². The lowest BCUT2D eigenvalue weighted by molar-refractivity contribution is 0.481. The van der Waals surface area contributed by atoms with E-state index in [1.165, 1.54) is 22.3 Å². The van der Waals surface area contributed by atoms with Gasteiger partial charge in [0.2, 0.25) is 0 Å². The molecule has 0 aliphatic rings. The van der Waals surface area contributed by atoms with E-state index in [1.54, 1.807) is 0 Å². The molecule has 4 aromatic rings. The summed E-state index contributed by atoms with van der Waals surface area (Å²) in [5.74, 6) is 3.90. The van der Waals surface area contributed by atoms with Gasteiger partial charge in [0.25, 0.3) is 0 Å². The maximum absolute atomic E-state index is 6.05. The highest BCUT2D eigenvalue weighted by atomic mass is 16.5. The number of ether oxygens (including phenoxy) is 2. The van der Waals surface area contributed by atoms with Crippen LogP contribution in [0.15, 0.2) is 97.1 Å². The van der Waals surface area contributed by atoms with Crippen LogP contribution in [0.1, 0.15) is 55.9 Å². The molecule has 2 nitrogen and oxygen atoms in total. The molecule has 0 unspecified atom stereocenters. The standard InChI is InChI=1S/C31H32O2/c1-22(2)24-8-16-28(17-9-24)33-30-20-12-26(13-21-30)31(4,5)25-10-18-29(19-11-25)32-27-14-6-23(3)7-15-27/h6-22H,1-5H3. The summed E-state index contributed by atoms with van der Waals surface area (Å²) in [6.45, 7) is 10.9. The molecule has 0 aliphatic heterocycles. The fourth-order valence-electron chi connectivity index (χ4n) is 3.85. The molecule has 0 aliphatic carbocycles. The predicted octanol–water partition coefficient (Wildman–Crippen LogP) is 9.03. The molecule has 2 heteroatoms. The molecule has 4 rings (SSSR count). The summed E-state index contributed by atoms with van der Waals surface area (Å²) >= 11 is 0. The highest BCUT2D eigenvalue weighted by Crippen LogP contribution is 2.34. The van der Waals surface area contributed by atoms with Gasteiger partial charge < -0.3 is 9.47 Å². The Labute approximate surface area is 197 Å². The first-order chi connectivity index (χ1) is 15.8. The third-order valence-electron chi connectivity index (χ3n) is 6.19. The molecule has 33 heavy (non-hydrogen) atoms. The number of aryl methyl sites for hydroxylation is 1. The second-order valence-corrected chi connectivity index (χ2v) is 9.41. The van der Waals surface area contributed by atoms with Gasteiger partial charge >= 0.3 is 0 Å². The van der Waals surface area contributed by atoms with Crippen LogP contribution < -0.4 is 9.47 Å². The van der Waals surface area contributed by atoms with Gasteiger partial charge in [0, 0.05) is 5.41 Å². The number of hydrogen-bond acceptors (Lipinski definition) is 2. The minimum absolute atomic E-state index is 0.139.